The highest BCUT2D eigenvalue weighted by atomic mass is 16.3. The van der Waals surface area contributed by atoms with Crippen molar-refractivity contribution in [2.75, 3.05) is 0 Å². The van der Waals surface area contributed by atoms with Crippen molar-refractivity contribution in [2.24, 2.45) is 40.4 Å². The van der Waals surface area contributed by atoms with Crippen molar-refractivity contribution in [2.45, 2.75) is 64.4 Å². The third-order valence-electron chi connectivity index (χ3n) is 8.69. The molecule has 120 valence electrons. The molecule has 1 N–H and O–H groups in total. The molecule has 3 nitrogen and oxygen atoms in total. The minimum Gasteiger partial charge on any atom is -0.392 e. The maximum absolute atomic E-state index is 12.4. The largest absolute Gasteiger partial charge is 0.392 e. The van der Waals surface area contributed by atoms with Crippen molar-refractivity contribution >= 4 is 11.6 Å². The number of fused-ring (bicyclic) bond motifs is 3. The van der Waals surface area contributed by atoms with E-state index in [4.69, 9.17) is 0 Å². The van der Waals surface area contributed by atoms with E-state index in [2.05, 4.69) is 6.92 Å². The molecular weight excluding hydrogens is 276 g/mol. The average Bonchev–Trinajstić information content (AvgIpc) is 2.94. The highest BCUT2D eigenvalue weighted by Crippen LogP contribution is 2.75. The molecule has 0 heterocycles. The van der Waals surface area contributed by atoms with Crippen molar-refractivity contribution in [1.82, 2.24) is 0 Å². The Bertz CT molecular complexity index is 569. The zero-order valence-electron chi connectivity index (χ0n) is 13.4. The highest BCUT2D eigenvalue weighted by Gasteiger charge is 2.76. The van der Waals surface area contributed by atoms with Gasteiger partial charge >= 0.3 is 0 Å². The predicted molar refractivity (Wildman–Crippen MR) is 80.9 cm³/mol. The topological polar surface area (TPSA) is 54.4 Å². The van der Waals surface area contributed by atoms with Crippen molar-refractivity contribution in [3.63, 3.8) is 0 Å². The molecule has 3 heteroatoms. The first-order valence-corrected chi connectivity index (χ1v) is 9.22. The Morgan fingerprint density at radius 1 is 1.00 bits per heavy atom. The summed E-state index contributed by atoms with van der Waals surface area (Å²) in [6, 6.07) is 0. The smallest absolute Gasteiger partial charge is 0.139 e. The summed E-state index contributed by atoms with van der Waals surface area (Å²) in [5, 5.41) is 10.7. The molecule has 0 aliphatic heterocycles. The van der Waals surface area contributed by atoms with Gasteiger partial charge in [0.1, 0.15) is 11.6 Å². The molecule has 22 heavy (non-hydrogen) atoms. The molecule has 0 aromatic heterocycles. The van der Waals surface area contributed by atoms with Crippen LogP contribution in [0, 0.1) is 40.4 Å². The molecule has 0 unspecified atom stereocenters. The number of rotatable bonds is 0. The SMILES string of the molecule is C[C@]12CC[C@H]3[C@@H](CC[C@H]4CC(=O)C[C@H]5[C@H](O)[C@]435)[C@@H]1CCC2=O. The van der Waals surface area contributed by atoms with Gasteiger partial charge in [-0.1, -0.05) is 6.92 Å². The molecule has 0 saturated heterocycles. The number of aliphatic hydroxyl groups is 1. The van der Waals surface area contributed by atoms with Gasteiger partial charge in [0.05, 0.1) is 6.10 Å². The average molecular weight is 302 g/mol. The van der Waals surface area contributed by atoms with Crippen LogP contribution < -0.4 is 0 Å². The normalized spacial score (nSPS) is 59.4. The molecule has 1 spiro atoms. The molecule has 5 aliphatic rings. The van der Waals surface area contributed by atoms with Crippen LogP contribution in [-0.2, 0) is 9.59 Å². The fourth-order valence-corrected chi connectivity index (χ4v) is 7.72. The second kappa shape index (κ2) is 4.03. The fraction of sp³-hybridized carbons (Fsp3) is 0.895. The van der Waals surface area contributed by atoms with Gasteiger partial charge in [-0.3, -0.25) is 9.59 Å². The van der Waals surface area contributed by atoms with E-state index >= 15 is 0 Å². The Morgan fingerprint density at radius 2 is 1.82 bits per heavy atom. The third kappa shape index (κ3) is 1.35. The molecular formula is C19H26O3. The van der Waals surface area contributed by atoms with E-state index in [9.17, 15) is 14.7 Å². The Balaban J connectivity index is 1.52. The summed E-state index contributed by atoms with van der Waals surface area (Å²) in [4.78, 5) is 24.4. The van der Waals surface area contributed by atoms with E-state index in [-0.39, 0.29) is 22.9 Å². The van der Waals surface area contributed by atoms with Crippen molar-refractivity contribution in [3.05, 3.63) is 0 Å². The second-order valence-electron chi connectivity index (χ2n) is 9.07. The Morgan fingerprint density at radius 3 is 2.64 bits per heavy atom. The van der Waals surface area contributed by atoms with E-state index in [1.165, 1.54) is 6.42 Å². The van der Waals surface area contributed by atoms with E-state index in [1.807, 2.05) is 0 Å². The molecule has 5 rings (SSSR count). The fourth-order valence-electron chi connectivity index (χ4n) is 7.72. The number of carbonyl (C=O) groups excluding carboxylic acids is 2. The zero-order valence-corrected chi connectivity index (χ0v) is 13.4. The summed E-state index contributed by atoms with van der Waals surface area (Å²) >= 11 is 0. The van der Waals surface area contributed by atoms with Crippen LogP contribution in [0.1, 0.15) is 58.3 Å². The third-order valence-corrected chi connectivity index (χ3v) is 8.69. The second-order valence-corrected chi connectivity index (χ2v) is 9.07. The molecule has 5 aliphatic carbocycles. The number of carbonyl (C=O) groups is 2. The Labute approximate surface area is 131 Å². The van der Waals surface area contributed by atoms with Crippen LogP contribution in [0.15, 0.2) is 0 Å². The molecule has 0 radical (unpaired) electrons. The van der Waals surface area contributed by atoms with Gasteiger partial charge in [-0.05, 0) is 55.8 Å². The van der Waals surface area contributed by atoms with Crippen molar-refractivity contribution < 1.29 is 14.7 Å². The van der Waals surface area contributed by atoms with Crippen molar-refractivity contribution in [3.8, 4) is 0 Å². The van der Waals surface area contributed by atoms with Gasteiger partial charge < -0.3 is 5.11 Å². The van der Waals surface area contributed by atoms with Gasteiger partial charge in [-0.15, -0.1) is 0 Å². The van der Waals surface area contributed by atoms with E-state index in [0.29, 0.717) is 48.1 Å². The minimum atomic E-state index is -0.238. The standard InChI is InChI=1S/C19H26O3/c1-18-7-6-14-12(13(18)4-5-16(18)21)3-2-10-8-11(20)9-15-17(22)19(10,14)15/h10,12-15,17,22H,2-9H2,1H3/t10-,12-,13-,14-,15-,17-,18-,19+/m0/s1. The first kappa shape index (κ1) is 13.7. The van der Waals surface area contributed by atoms with Crippen molar-refractivity contribution in [1.29, 1.82) is 0 Å². The number of aliphatic hydroxyl groups excluding tert-OH is 1. The van der Waals surface area contributed by atoms with Gasteiger partial charge in [-0.25, -0.2) is 0 Å². The van der Waals surface area contributed by atoms with Gasteiger partial charge in [0.2, 0.25) is 0 Å². The summed E-state index contributed by atoms with van der Waals surface area (Å²) in [6.45, 7) is 2.21. The van der Waals surface area contributed by atoms with Crippen LogP contribution in [0.4, 0.5) is 0 Å². The van der Waals surface area contributed by atoms with E-state index < -0.39 is 0 Å². The van der Waals surface area contributed by atoms with Gasteiger partial charge in [0.15, 0.2) is 0 Å². The molecule has 0 bridgehead atoms. The van der Waals surface area contributed by atoms with E-state index in [0.717, 1.165) is 32.1 Å². The van der Waals surface area contributed by atoms with Crippen LogP contribution in [0.25, 0.3) is 0 Å². The molecule has 0 amide bonds. The Kier molecular flexibility index (Phi) is 2.51. The summed E-state index contributed by atoms with van der Waals surface area (Å²) in [6.07, 6.45) is 7.31. The van der Waals surface area contributed by atoms with Gasteiger partial charge in [0, 0.05) is 36.0 Å². The van der Waals surface area contributed by atoms with Crippen LogP contribution in [-0.4, -0.2) is 22.8 Å². The lowest BCUT2D eigenvalue weighted by molar-refractivity contribution is -0.137. The molecule has 0 aromatic carbocycles. The van der Waals surface area contributed by atoms with Gasteiger partial charge in [-0.2, -0.15) is 0 Å². The molecule has 8 atom stereocenters. The number of ketones is 2. The summed E-state index contributed by atoms with van der Waals surface area (Å²) in [5.74, 6) is 3.27. The maximum Gasteiger partial charge on any atom is 0.139 e. The maximum atomic E-state index is 12.4. The van der Waals surface area contributed by atoms with Crippen LogP contribution in [0.5, 0.6) is 0 Å². The van der Waals surface area contributed by atoms with Crippen LogP contribution >= 0.6 is 0 Å². The van der Waals surface area contributed by atoms with Crippen LogP contribution in [0.2, 0.25) is 0 Å². The predicted octanol–water partition coefficient (Wildman–Crippen LogP) is 2.75. The summed E-state index contributed by atoms with van der Waals surface area (Å²) in [5.41, 5.74) is -0.0196. The quantitative estimate of drug-likeness (QED) is 0.748. The Hall–Kier alpha value is -0.700. The molecule has 5 saturated carbocycles. The lowest BCUT2D eigenvalue weighted by Gasteiger charge is -2.54. The van der Waals surface area contributed by atoms with Gasteiger partial charge in [0.25, 0.3) is 0 Å². The summed E-state index contributed by atoms with van der Waals surface area (Å²) < 4.78 is 0. The first-order valence-electron chi connectivity index (χ1n) is 9.22. The summed E-state index contributed by atoms with van der Waals surface area (Å²) in [7, 11) is 0. The number of hydrogen-bond donors (Lipinski definition) is 1. The first-order chi connectivity index (χ1) is 10.5. The lowest BCUT2D eigenvalue weighted by atomic mass is 9.49. The van der Waals surface area contributed by atoms with Crippen LogP contribution in [0.3, 0.4) is 0 Å². The lowest BCUT2D eigenvalue weighted by Crippen LogP contribution is -2.51. The highest BCUT2D eigenvalue weighted by molar-refractivity contribution is 5.87. The molecule has 0 aromatic rings. The zero-order chi connectivity index (χ0) is 15.3. The number of hydrogen-bond acceptors (Lipinski definition) is 3. The number of Topliss-reactive ketones (excluding diaryl/α,β-unsaturated/α-hetero) is 2. The molecule has 5 fully saturated rings. The monoisotopic (exact) mass is 302 g/mol. The van der Waals surface area contributed by atoms with E-state index in [1.54, 1.807) is 0 Å². The minimum absolute atomic E-state index is 0.0593.